The molecule has 2 aromatic rings. The van der Waals surface area contributed by atoms with Gasteiger partial charge in [-0.3, -0.25) is 14.6 Å². The van der Waals surface area contributed by atoms with E-state index in [-0.39, 0.29) is 16.9 Å². The molecule has 0 saturated carbocycles. The zero-order valence-corrected chi connectivity index (χ0v) is 12.3. The van der Waals surface area contributed by atoms with Gasteiger partial charge in [0.1, 0.15) is 11.5 Å². The molecule has 1 amide bonds. The average Bonchev–Trinajstić information content (AvgIpc) is 2.47. The number of nitrogens with one attached hydrogen (secondary N) is 1. The van der Waals surface area contributed by atoms with E-state index >= 15 is 0 Å². The maximum absolute atomic E-state index is 14.0. The molecule has 0 fully saturated rings. The Morgan fingerprint density at radius 1 is 1.18 bits per heavy atom. The van der Waals surface area contributed by atoms with E-state index in [1.165, 1.54) is 24.4 Å². The quantitative estimate of drug-likeness (QED) is 0.692. The summed E-state index contributed by atoms with van der Waals surface area (Å²) in [5.41, 5.74) is 1.25. The van der Waals surface area contributed by atoms with Crippen LogP contribution in [0.1, 0.15) is 34.7 Å². The SMILES string of the molecule is CC(C)=CC(=O)c1ccc(NC(=O)c2ccccn2)cc1F. The summed E-state index contributed by atoms with van der Waals surface area (Å²) in [6, 6.07) is 8.89. The largest absolute Gasteiger partial charge is 0.321 e. The number of pyridine rings is 1. The zero-order valence-electron chi connectivity index (χ0n) is 12.3. The summed E-state index contributed by atoms with van der Waals surface area (Å²) in [7, 11) is 0. The Hall–Kier alpha value is -2.82. The summed E-state index contributed by atoms with van der Waals surface area (Å²) in [4.78, 5) is 27.6. The highest BCUT2D eigenvalue weighted by molar-refractivity contribution is 6.06. The van der Waals surface area contributed by atoms with Crippen LogP contribution in [0.5, 0.6) is 0 Å². The molecule has 0 bridgehead atoms. The van der Waals surface area contributed by atoms with Gasteiger partial charge in [-0.2, -0.15) is 0 Å². The van der Waals surface area contributed by atoms with Gasteiger partial charge in [-0.15, -0.1) is 0 Å². The van der Waals surface area contributed by atoms with Gasteiger partial charge in [0, 0.05) is 11.9 Å². The molecule has 1 N–H and O–H groups in total. The van der Waals surface area contributed by atoms with Crippen molar-refractivity contribution in [3.8, 4) is 0 Å². The molecule has 112 valence electrons. The van der Waals surface area contributed by atoms with Gasteiger partial charge in [0.25, 0.3) is 5.91 Å². The minimum Gasteiger partial charge on any atom is -0.321 e. The molecule has 1 aromatic carbocycles. The molecule has 0 radical (unpaired) electrons. The van der Waals surface area contributed by atoms with Crippen molar-refractivity contribution in [2.24, 2.45) is 0 Å². The minimum absolute atomic E-state index is 0.0305. The highest BCUT2D eigenvalue weighted by atomic mass is 19.1. The molecule has 1 aromatic heterocycles. The third-order valence-electron chi connectivity index (χ3n) is 2.81. The molecular formula is C17H15FN2O2. The fourth-order valence-electron chi connectivity index (χ4n) is 1.82. The van der Waals surface area contributed by atoms with Crippen molar-refractivity contribution >= 4 is 17.4 Å². The molecule has 0 aliphatic carbocycles. The Kier molecular flexibility index (Phi) is 4.78. The van der Waals surface area contributed by atoms with Gasteiger partial charge in [0.15, 0.2) is 5.78 Å². The van der Waals surface area contributed by atoms with Crippen LogP contribution in [0.3, 0.4) is 0 Å². The lowest BCUT2D eigenvalue weighted by atomic mass is 10.1. The van der Waals surface area contributed by atoms with E-state index in [0.29, 0.717) is 0 Å². The van der Waals surface area contributed by atoms with Crippen molar-refractivity contribution in [2.45, 2.75) is 13.8 Å². The van der Waals surface area contributed by atoms with Gasteiger partial charge in [-0.05, 0) is 50.3 Å². The third-order valence-corrected chi connectivity index (χ3v) is 2.81. The first kappa shape index (κ1) is 15.6. The second-order valence-electron chi connectivity index (χ2n) is 4.95. The normalized spacial score (nSPS) is 9.95. The van der Waals surface area contributed by atoms with Crippen molar-refractivity contribution in [1.82, 2.24) is 4.98 Å². The van der Waals surface area contributed by atoms with Crippen LogP contribution in [0.25, 0.3) is 0 Å². The Morgan fingerprint density at radius 2 is 1.95 bits per heavy atom. The van der Waals surface area contributed by atoms with E-state index < -0.39 is 17.5 Å². The molecule has 0 aliphatic heterocycles. The van der Waals surface area contributed by atoms with Crippen LogP contribution < -0.4 is 5.32 Å². The number of allylic oxidation sites excluding steroid dienone is 2. The fraction of sp³-hybridized carbons (Fsp3) is 0.118. The van der Waals surface area contributed by atoms with Crippen LogP contribution in [-0.4, -0.2) is 16.7 Å². The number of amides is 1. The Morgan fingerprint density at radius 3 is 2.55 bits per heavy atom. The van der Waals surface area contributed by atoms with Crippen LogP contribution in [0, 0.1) is 5.82 Å². The van der Waals surface area contributed by atoms with Crippen molar-refractivity contribution in [3.63, 3.8) is 0 Å². The van der Waals surface area contributed by atoms with Gasteiger partial charge in [-0.1, -0.05) is 11.6 Å². The maximum Gasteiger partial charge on any atom is 0.274 e. The second-order valence-corrected chi connectivity index (χ2v) is 4.95. The number of rotatable bonds is 4. The van der Waals surface area contributed by atoms with Crippen molar-refractivity contribution < 1.29 is 14.0 Å². The number of ketones is 1. The Labute approximate surface area is 127 Å². The Bertz CT molecular complexity index is 736. The number of hydrogen-bond acceptors (Lipinski definition) is 3. The summed E-state index contributed by atoms with van der Waals surface area (Å²) < 4.78 is 14.0. The molecule has 0 atom stereocenters. The molecule has 0 unspecified atom stereocenters. The lowest BCUT2D eigenvalue weighted by Crippen LogP contribution is -2.13. The number of carbonyl (C=O) groups excluding carboxylic acids is 2. The molecule has 2 rings (SSSR count). The molecular weight excluding hydrogens is 283 g/mol. The lowest BCUT2D eigenvalue weighted by molar-refractivity contribution is 0.102. The monoisotopic (exact) mass is 298 g/mol. The predicted molar refractivity (Wildman–Crippen MR) is 82.4 cm³/mol. The highest BCUT2D eigenvalue weighted by Crippen LogP contribution is 2.16. The number of carbonyl (C=O) groups is 2. The number of hydrogen-bond donors (Lipinski definition) is 1. The highest BCUT2D eigenvalue weighted by Gasteiger charge is 2.12. The van der Waals surface area contributed by atoms with Crippen LogP contribution in [0.4, 0.5) is 10.1 Å². The molecule has 5 heteroatoms. The average molecular weight is 298 g/mol. The van der Waals surface area contributed by atoms with E-state index in [4.69, 9.17) is 0 Å². The topological polar surface area (TPSA) is 59.1 Å². The van der Waals surface area contributed by atoms with E-state index in [9.17, 15) is 14.0 Å². The standard InChI is InChI=1S/C17H15FN2O2/c1-11(2)9-16(21)13-7-6-12(10-14(13)18)20-17(22)15-5-3-4-8-19-15/h3-10H,1-2H3,(H,20,22). The van der Waals surface area contributed by atoms with Gasteiger partial charge in [0.2, 0.25) is 0 Å². The molecule has 0 spiro atoms. The number of benzene rings is 1. The van der Waals surface area contributed by atoms with Gasteiger partial charge >= 0.3 is 0 Å². The molecule has 4 nitrogen and oxygen atoms in total. The molecule has 1 heterocycles. The first-order chi connectivity index (χ1) is 10.5. The van der Waals surface area contributed by atoms with E-state index in [1.807, 2.05) is 0 Å². The molecule has 22 heavy (non-hydrogen) atoms. The van der Waals surface area contributed by atoms with Gasteiger partial charge in [-0.25, -0.2) is 4.39 Å². The second kappa shape index (κ2) is 6.76. The van der Waals surface area contributed by atoms with E-state index in [0.717, 1.165) is 11.6 Å². The number of nitrogens with zero attached hydrogens (tertiary/aromatic N) is 1. The summed E-state index contributed by atoms with van der Waals surface area (Å²) in [6.07, 6.45) is 2.86. The van der Waals surface area contributed by atoms with Crippen LogP contribution in [0.15, 0.2) is 54.2 Å². The smallest absolute Gasteiger partial charge is 0.274 e. The first-order valence-electron chi connectivity index (χ1n) is 6.68. The summed E-state index contributed by atoms with van der Waals surface area (Å²) >= 11 is 0. The fourth-order valence-corrected chi connectivity index (χ4v) is 1.82. The summed E-state index contributed by atoms with van der Waals surface area (Å²) in [6.45, 7) is 3.52. The van der Waals surface area contributed by atoms with Crippen LogP contribution in [-0.2, 0) is 0 Å². The maximum atomic E-state index is 14.0. The lowest BCUT2D eigenvalue weighted by Gasteiger charge is -2.06. The van der Waals surface area contributed by atoms with Crippen molar-refractivity contribution in [1.29, 1.82) is 0 Å². The van der Waals surface area contributed by atoms with Gasteiger partial charge < -0.3 is 5.32 Å². The number of aromatic nitrogens is 1. The van der Waals surface area contributed by atoms with E-state index in [2.05, 4.69) is 10.3 Å². The van der Waals surface area contributed by atoms with Crippen molar-refractivity contribution in [2.75, 3.05) is 5.32 Å². The molecule has 0 aliphatic rings. The minimum atomic E-state index is -0.679. The third kappa shape index (κ3) is 3.85. The predicted octanol–water partition coefficient (Wildman–Crippen LogP) is 3.62. The number of anilines is 1. The number of halogens is 1. The van der Waals surface area contributed by atoms with Crippen molar-refractivity contribution in [3.05, 3.63) is 71.3 Å². The Balaban J connectivity index is 2.18. The summed E-state index contributed by atoms with van der Waals surface area (Å²) in [5, 5.41) is 2.54. The van der Waals surface area contributed by atoms with Crippen LogP contribution >= 0.6 is 0 Å². The summed E-state index contributed by atoms with van der Waals surface area (Å²) in [5.74, 6) is -1.52. The van der Waals surface area contributed by atoms with E-state index in [1.54, 1.807) is 32.0 Å². The van der Waals surface area contributed by atoms with Gasteiger partial charge in [0.05, 0.1) is 5.56 Å². The first-order valence-corrected chi connectivity index (χ1v) is 6.68. The molecule has 0 saturated heterocycles. The zero-order chi connectivity index (χ0) is 16.1. The van der Waals surface area contributed by atoms with Crippen LogP contribution in [0.2, 0.25) is 0 Å².